The Bertz CT molecular complexity index is 811. The maximum absolute atomic E-state index is 12.6. The van der Waals surface area contributed by atoms with Gasteiger partial charge in [0.15, 0.2) is 0 Å². The highest BCUT2D eigenvalue weighted by atomic mass is 16.2. The van der Waals surface area contributed by atoms with E-state index in [0.29, 0.717) is 12.2 Å². The summed E-state index contributed by atoms with van der Waals surface area (Å²) in [7, 11) is 0. The number of nitrogens with one attached hydrogen (secondary N) is 1. The number of likely N-dealkylation sites (tertiary alicyclic amines) is 1. The number of carbonyl (C=O) groups is 2. The molecule has 3 N–H and O–H groups in total. The van der Waals surface area contributed by atoms with Crippen LogP contribution in [0.5, 0.6) is 0 Å². The lowest BCUT2D eigenvalue weighted by Crippen LogP contribution is -2.42. The zero-order valence-electron chi connectivity index (χ0n) is 13.0. The predicted octanol–water partition coefficient (Wildman–Crippen LogP) is -0.181. The third-order valence-electron chi connectivity index (χ3n) is 4.10. The molecule has 0 aliphatic carbocycles. The van der Waals surface area contributed by atoms with Gasteiger partial charge in [-0.1, -0.05) is 0 Å². The van der Waals surface area contributed by atoms with Crippen LogP contribution in [0.1, 0.15) is 41.5 Å². The van der Waals surface area contributed by atoms with Crippen LogP contribution in [-0.4, -0.2) is 43.2 Å². The first-order valence-corrected chi connectivity index (χ1v) is 7.73. The molecule has 126 valence electrons. The van der Waals surface area contributed by atoms with Crippen molar-refractivity contribution in [1.29, 1.82) is 0 Å². The van der Waals surface area contributed by atoms with Crippen molar-refractivity contribution in [3.05, 3.63) is 46.1 Å². The highest BCUT2D eigenvalue weighted by molar-refractivity contribution is 5.90. The highest BCUT2D eigenvalue weighted by Gasteiger charge is 2.30. The number of hydrogen-bond donors (Lipinski definition) is 2. The quantitative estimate of drug-likeness (QED) is 0.804. The minimum absolute atomic E-state index is 0.118. The van der Waals surface area contributed by atoms with Gasteiger partial charge in [-0.25, -0.2) is 4.68 Å². The standard InChI is InChI=1S/C15H18N6O3/c16-15(24)11-8-10(18-19-11)12-4-1-2-7-20(12)14(23)9-21-13(22)5-3-6-17-21/h3,5-6,8,12H,1-2,4,7,9H2,(H2,16,24)(H,18,19). The van der Waals surface area contributed by atoms with Crippen LogP contribution in [-0.2, 0) is 11.3 Å². The summed E-state index contributed by atoms with van der Waals surface area (Å²) in [6.45, 7) is 0.461. The lowest BCUT2D eigenvalue weighted by atomic mass is 9.99. The molecule has 24 heavy (non-hydrogen) atoms. The predicted molar refractivity (Wildman–Crippen MR) is 83.9 cm³/mol. The Balaban J connectivity index is 1.81. The lowest BCUT2D eigenvalue weighted by Gasteiger charge is -2.35. The Morgan fingerprint density at radius 1 is 1.38 bits per heavy atom. The van der Waals surface area contributed by atoms with Gasteiger partial charge in [-0.2, -0.15) is 10.2 Å². The summed E-state index contributed by atoms with van der Waals surface area (Å²) in [5.74, 6) is -0.818. The Morgan fingerprint density at radius 2 is 2.21 bits per heavy atom. The van der Waals surface area contributed by atoms with Crippen LogP contribution in [0.4, 0.5) is 0 Å². The van der Waals surface area contributed by atoms with Gasteiger partial charge in [0, 0.05) is 18.8 Å². The Morgan fingerprint density at radius 3 is 2.92 bits per heavy atom. The fourth-order valence-corrected chi connectivity index (χ4v) is 2.91. The van der Waals surface area contributed by atoms with E-state index in [1.165, 1.54) is 18.3 Å². The fraction of sp³-hybridized carbons (Fsp3) is 0.400. The van der Waals surface area contributed by atoms with Gasteiger partial charge >= 0.3 is 0 Å². The number of aromatic nitrogens is 4. The number of aromatic amines is 1. The molecule has 0 saturated carbocycles. The van der Waals surface area contributed by atoms with Gasteiger partial charge in [0.2, 0.25) is 5.91 Å². The molecule has 0 aromatic carbocycles. The largest absolute Gasteiger partial charge is 0.364 e. The van der Waals surface area contributed by atoms with E-state index < -0.39 is 5.91 Å². The number of hydrogen-bond acceptors (Lipinski definition) is 5. The molecule has 0 spiro atoms. The molecular weight excluding hydrogens is 312 g/mol. The van der Waals surface area contributed by atoms with Gasteiger partial charge in [-0.3, -0.25) is 19.5 Å². The van der Waals surface area contributed by atoms with Gasteiger partial charge in [0.05, 0.1) is 11.7 Å². The number of piperidine rings is 1. The van der Waals surface area contributed by atoms with E-state index in [0.717, 1.165) is 23.9 Å². The lowest BCUT2D eigenvalue weighted by molar-refractivity contribution is -0.136. The third kappa shape index (κ3) is 3.19. The van der Waals surface area contributed by atoms with Crippen LogP contribution < -0.4 is 11.3 Å². The first-order chi connectivity index (χ1) is 11.6. The van der Waals surface area contributed by atoms with E-state index in [1.807, 2.05) is 0 Å². The second-order valence-corrected chi connectivity index (χ2v) is 5.69. The number of nitrogens with two attached hydrogens (primary N) is 1. The van der Waals surface area contributed by atoms with Crippen LogP contribution in [0.25, 0.3) is 0 Å². The van der Waals surface area contributed by atoms with Gasteiger partial charge in [-0.15, -0.1) is 0 Å². The van der Waals surface area contributed by atoms with Crippen LogP contribution in [0.2, 0.25) is 0 Å². The molecule has 1 unspecified atom stereocenters. The van der Waals surface area contributed by atoms with E-state index in [4.69, 9.17) is 5.73 Å². The van der Waals surface area contributed by atoms with Crippen molar-refractivity contribution in [1.82, 2.24) is 24.9 Å². The smallest absolute Gasteiger partial charge is 0.269 e. The summed E-state index contributed by atoms with van der Waals surface area (Å²) in [6, 6.07) is 4.25. The van der Waals surface area contributed by atoms with Crippen molar-refractivity contribution in [3.8, 4) is 0 Å². The molecule has 9 nitrogen and oxygen atoms in total. The molecule has 1 aliphatic rings. The first-order valence-electron chi connectivity index (χ1n) is 7.73. The summed E-state index contributed by atoms with van der Waals surface area (Å²) in [5.41, 5.74) is 5.71. The van der Waals surface area contributed by atoms with Crippen LogP contribution in [0.15, 0.2) is 29.2 Å². The van der Waals surface area contributed by atoms with Crippen molar-refractivity contribution in [3.63, 3.8) is 0 Å². The topological polar surface area (TPSA) is 127 Å². The van der Waals surface area contributed by atoms with Crippen LogP contribution in [0, 0.1) is 0 Å². The van der Waals surface area contributed by atoms with E-state index in [-0.39, 0.29) is 29.7 Å². The van der Waals surface area contributed by atoms with Crippen molar-refractivity contribution < 1.29 is 9.59 Å². The molecule has 1 aliphatic heterocycles. The molecule has 3 heterocycles. The number of H-pyrrole nitrogens is 1. The monoisotopic (exact) mass is 330 g/mol. The number of nitrogens with zero attached hydrogens (tertiary/aromatic N) is 4. The number of primary amides is 1. The Hall–Kier alpha value is -2.97. The summed E-state index contributed by atoms with van der Waals surface area (Å²) in [6.07, 6.45) is 4.07. The average Bonchev–Trinajstić information content (AvgIpc) is 3.07. The van der Waals surface area contributed by atoms with E-state index >= 15 is 0 Å². The molecule has 0 radical (unpaired) electrons. The molecule has 3 rings (SSSR count). The Kier molecular flexibility index (Phi) is 4.41. The second-order valence-electron chi connectivity index (χ2n) is 5.69. The van der Waals surface area contributed by atoms with Crippen molar-refractivity contribution >= 4 is 11.8 Å². The highest BCUT2D eigenvalue weighted by Crippen LogP contribution is 2.30. The van der Waals surface area contributed by atoms with Crippen LogP contribution in [0.3, 0.4) is 0 Å². The molecule has 1 fully saturated rings. The molecular formula is C15H18N6O3. The summed E-state index contributed by atoms with van der Waals surface area (Å²) in [5, 5.41) is 10.6. The number of carbonyl (C=O) groups excluding carboxylic acids is 2. The first kappa shape index (κ1) is 15.9. The normalized spacial score (nSPS) is 17.7. The van der Waals surface area contributed by atoms with Crippen LogP contribution >= 0.6 is 0 Å². The van der Waals surface area contributed by atoms with Crippen molar-refractivity contribution in [2.75, 3.05) is 6.54 Å². The zero-order chi connectivity index (χ0) is 17.1. The summed E-state index contributed by atoms with van der Waals surface area (Å²) >= 11 is 0. The van der Waals surface area contributed by atoms with E-state index in [1.54, 1.807) is 11.0 Å². The maximum atomic E-state index is 12.6. The Labute approximate surface area is 137 Å². The second kappa shape index (κ2) is 6.65. The summed E-state index contributed by atoms with van der Waals surface area (Å²) in [4.78, 5) is 37.3. The third-order valence-corrected chi connectivity index (χ3v) is 4.10. The van der Waals surface area contributed by atoms with Gasteiger partial charge in [0.25, 0.3) is 11.5 Å². The number of rotatable bonds is 4. The molecule has 2 aromatic heterocycles. The van der Waals surface area contributed by atoms with E-state index in [2.05, 4.69) is 15.3 Å². The van der Waals surface area contributed by atoms with Gasteiger partial charge in [-0.05, 0) is 31.4 Å². The molecule has 1 atom stereocenters. The molecule has 1 saturated heterocycles. The SMILES string of the molecule is NC(=O)c1cc(C2CCCCN2C(=O)Cn2ncccc2=O)[nH]n1. The molecule has 9 heteroatoms. The minimum atomic E-state index is -0.619. The van der Waals surface area contributed by atoms with E-state index in [9.17, 15) is 14.4 Å². The van der Waals surface area contributed by atoms with Crippen molar-refractivity contribution in [2.24, 2.45) is 5.73 Å². The van der Waals surface area contributed by atoms with Gasteiger partial charge < -0.3 is 10.6 Å². The average molecular weight is 330 g/mol. The number of amides is 2. The zero-order valence-corrected chi connectivity index (χ0v) is 13.0. The fourth-order valence-electron chi connectivity index (χ4n) is 2.91. The minimum Gasteiger partial charge on any atom is -0.364 e. The molecule has 2 amide bonds. The van der Waals surface area contributed by atoms with Crippen molar-refractivity contribution in [2.45, 2.75) is 31.8 Å². The molecule has 2 aromatic rings. The van der Waals surface area contributed by atoms with Gasteiger partial charge in [0.1, 0.15) is 12.2 Å². The maximum Gasteiger partial charge on any atom is 0.269 e. The molecule has 0 bridgehead atoms. The summed E-state index contributed by atoms with van der Waals surface area (Å²) < 4.78 is 1.13.